The predicted octanol–water partition coefficient (Wildman–Crippen LogP) is 2.67. The monoisotopic (exact) mass is 379 g/mol. The fourth-order valence-electron chi connectivity index (χ4n) is 3.82. The van der Waals surface area contributed by atoms with Crippen LogP contribution in [0.1, 0.15) is 49.3 Å². The summed E-state index contributed by atoms with van der Waals surface area (Å²) >= 11 is 0. The molecule has 0 spiro atoms. The topological polar surface area (TPSA) is 66.6 Å². The van der Waals surface area contributed by atoms with Crippen molar-refractivity contribution in [2.24, 2.45) is 11.7 Å². The summed E-state index contributed by atoms with van der Waals surface area (Å²) in [5.74, 6) is 0.809. The Hall–Kier alpha value is -1.59. The van der Waals surface area contributed by atoms with E-state index in [4.69, 9.17) is 5.73 Å². The quantitative estimate of drug-likeness (QED) is 0.874. The van der Waals surface area contributed by atoms with E-state index in [1.165, 1.54) is 0 Å². The summed E-state index contributed by atoms with van der Waals surface area (Å²) in [7, 11) is 0. The number of rotatable bonds is 4. The third-order valence-corrected chi connectivity index (χ3v) is 5.53. The molecule has 0 aromatic heterocycles. The van der Waals surface area contributed by atoms with E-state index in [1.54, 1.807) is 0 Å². The molecule has 2 heterocycles. The van der Waals surface area contributed by atoms with Crippen LogP contribution >= 0.6 is 12.4 Å². The van der Waals surface area contributed by atoms with Crippen molar-refractivity contribution in [3.63, 3.8) is 0 Å². The molecule has 1 unspecified atom stereocenters. The molecule has 0 aliphatic carbocycles. The van der Waals surface area contributed by atoms with E-state index in [-0.39, 0.29) is 18.3 Å². The molecule has 2 amide bonds. The van der Waals surface area contributed by atoms with Crippen molar-refractivity contribution in [1.29, 1.82) is 0 Å². The van der Waals surface area contributed by atoms with Crippen molar-refractivity contribution in [1.82, 2.24) is 9.80 Å². The van der Waals surface area contributed by atoms with Gasteiger partial charge in [-0.3, -0.25) is 9.59 Å². The lowest BCUT2D eigenvalue weighted by atomic mass is 9.94. The molecule has 2 fully saturated rings. The number of piperidine rings is 2. The van der Waals surface area contributed by atoms with Crippen LogP contribution in [0.4, 0.5) is 0 Å². The molecule has 1 atom stereocenters. The molecule has 144 valence electrons. The smallest absolute Gasteiger partial charge is 0.244 e. The molecule has 1 aromatic carbocycles. The van der Waals surface area contributed by atoms with Gasteiger partial charge < -0.3 is 15.5 Å². The van der Waals surface area contributed by atoms with Crippen LogP contribution in [0.15, 0.2) is 24.3 Å². The highest BCUT2D eigenvalue weighted by molar-refractivity contribution is 5.85. The summed E-state index contributed by atoms with van der Waals surface area (Å²) in [5, 5.41) is 0. The lowest BCUT2D eigenvalue weighted by Gasteiger charge is -2.37. The second-order valence-electron chi connectivity index (χ2n) is 7.45. The first-order valence-electron chi connectivity index (χ1n) is 9.43. The average molecular weight is 380 g/mol. The SMILES string of the molecule is Cc1ccc(C(N)C(=O)N2CCC(CN3CCCCC3=O)CC2)cc1.Cl. The van der Waals surface area contributed by atoms with Crippen LogP contribution in [-0.4, -0.2) is 47.8 Å². The van der Waals surface area contributed by atoms with E-state index >= 15 is 0 Å². The highest BCUT2D eigenvalue weighted by Crippen LogP contribution is 2.23. The Bertz CT molecular complexity index is 612. The van der Waals surface area contributed by atoms with Gasteiger partial charge in [0.15, 0.2) is 0 Å². The Morgan fingerprint density at radius 1 is 1.15 bits per heavy atom. The molecular formula is C20H30ClN3O2. The Morgan fingerprint density at radius 2 is 1.81 bits per heavy atom. The second-order valence-corrected chi connectivity index (χ2v) is 7.45. The minimum atomic E-state index is -0.583. The van der Waals surface area contributed by atoms with Crippen LogP contribution in [0.3, 0.4) is 0 Å². The van der Waals surface area contributed by atoms with Crippen LogP contribution < -0.4 is 5.73 Å². The van der Waals surface area contributed by atoms with Gasteiger partial charge in [0.2, 0.25) is 11.8 Å². The first-order valence-corrected chi connectivity index (χ1v) is 9.43. The second kappa shape index (κ2) is 9.38. The molecule has 0 saturated carbocycles. The van der Waals surface area contributed by atoms with Gasteiger partial charge in [-0.2, -0.15) is 0 Å². The Labute approximate surface area is 162 Å². The first kappa shape index (κ1) is 20.7. The van der Waals surface area contributed by atoms with Gasteiger partial charge in [0, 0.05) is 32.6 Å². The Morgan fingerprint density at radius 3 is 2.42 bits per heavy atom. The van der Waals surface area contributed by atoms with Gasteiger partial charge in [0.1, 0.15) is 6.04 Å². The molecule has 2 aliphatic heterocycles. The van der Waals surface area contributed by atoms with Crippen LogP contribution in [0.2, 0.25) is 0 Å². The van der Waals surface area contributed by atoms with E-state index in [1.807, 2.05) is 41.0 Å². The minimum Gasteiger partial charge on any atom is -0.342 e. The zero-order valence-corrected chi connectivity index (χ0v) is 16.3. The number of likely N-dealkylation sites (tertiary alicyclic amines) is 2. The predicted molar refractivity (Wildman–Crippen MR) is 105 cm³/mol. The van der Waals surface area contributed by atoms with Gasteiger partial charge in [0.25, 0.3) is 0 Å². The van der Waals surface area contributed by atoms with Crippen molar-refractivity contribution in [2.75, 3.05) is 26.2 Å². The van der Waals surface area contributed by atoms with Gasteiger partial charge in [-0.1, -0.05) is 29.8 Å². The Balaban J connectivity index is 0.00000243. The van der Waals surface area contributed by atoms with Gasteiger partial charge in [0.05, 0.1) is 0 Å². The van der Waals surface area contributed by atoms with Crippen molar-refractivity contribution in [3.05, 3.63) is 35.4 Å². The maximum atomic E-state index is 12.7. The number of hydrogen-bond donors (Lipinski definition) is 1. The standard InChI is InChI=1S/C20H29N3O2.ClH/c1-15-5-7-17(8-6-15)19(21)20(25)22-12-9-16(10-13-22)14-23-11-3-2-4-18(23)24;/h5-8,16,19H,2-4,9-14,21H2,1H3;1H. The van der Waals surface area contributed by atoms with Gasteiger partial charge in [-0.25, -0.2) is 0 Å². The fraction of sp³-hybridized carbons (Fsp3) is 0.600. The Kier molecular flexibility index (Phi) is 7.47. The van der Waals surface area contributed by atoms with Crippen molar-refractivity contribution in [3.8, 4) is 0 Å². The number of nitrogens with two attached hydrogens (primary N) is 1. The van der Waals surface area contributed by atoms with E-state index in [9.17, 15) is 9.59 Å². The lowest BCUT2D eigenvalue weighted by Crippen LogP contribution is -2.46. The van der Waals surface area contributed by atoms with Crippen molar-refractivity contribution >= 4 is 24.2 Å². The molecule has 26 heavy (non-hydrogen) atoms. The number of carbonyl (C=O) groups is 2. The molecule has 1 aromatic rings. The number of halogens is 1. The maximum absolute atomic E-state index is 12.7. The van der Waals surface area contributed by atoms with Crippen LogP contribution in [-0.2, 0) is 9.59 Å². The summed E-state index contributed by atoms with van der Waals surface area (Å²) in [6, 6.07) is 7.27. The third kappa shape index (κ3) is 4.98. The first-order chi connectivity index (χ1) is 12.0. The van der Waals surface area contributed by atoms with Crippen LogP contribution in [0.5, 0.6) is 0 Å². The number of aryl methyl sites for hydroxylation is 1. The number of carbonyl (C=O) groups excluding carboxylic acids is 2. The largest absolute Gasteiger partial charge is 0.342 e. The van der Waals surface area contributed by atoms with Gasteiger partial charge in [-0.15, -0.1) is 12.4 Å². The number of amides is 2. The highest BCUT2D eigenvalue weighted by atomic mass is 35.5. The number of nitrogens with zero attached hydrogens (tertiary/aromatic N) is 2. The normalized spacial score (nSPS) is 19.8. The summed E-state index contributed by atoms with van der Waals surface area (Å²) in [5.41, 5.74) is 8.21. The lowest BCUT2D eigenvalue weighted by molar-refractivity contribution is -0.137. The van der Waals surface area contributed by atoms with Crippen molar-refractivity contribution < 1.29 is 9.59 Å². The average Bonchev–Trinajstić information content (AvgIpc) is 2.64. The van der Waals surface area contributed by atoms with E-state index in [2.05, 4.69) is 0 Å². The molecule has 2 N–H and O–H groups in total. The molecule has 5 nitrogen and oxygen atoms in total. The van der Waals surface area contributed by atoms with E-state index < -0.39 is 6.04 Å². The zero-order chi connectivity index (χ0) is 17.8. The zero-order valence-electron chi connectivity index (χ0n) is 15.5. The van der Waals surface area contributed by atoms with Crippen LogP contribution in [0.25, 0.3) is 0 Å². The van der Waals surface area contributed by atoms with Gasteiger partial charge >= 0.3 is 0 Å². The highest BCUT2D eigenvalue weighted by Gasteiger charge is 2.29. The third-order valence-electron chi connectivity index (χ3n) is 5.53. The fourth-order valence-corrected chi connectivity index (χ4v) is 3.82. The summed E-state index contributed by atoms with van der Waals surface area (Å²) < 4.78 is 0. The molecule has 0 radical (unpaired) electrons. The maximum Gasteiger partial charge on any atom is 0.244 e. The molecule has 6 heteroatoms. The molecule has 3 rings (SSSR count). The summed E-state index contributed by atoms with van der Waals surface area (Å²) in [4.78, 5) is 28.5. The molecule has 2 aliphatic rings. The number of hydrogen-bond acceptors (Lipinski definition) is 3. The molecular weight excluding hydrogens is 350 g/mol. The van der Waals surface area contributed by atoms with Crippen LogP contribution in [0, 0.1) is 12.8 Å². The molecule has 0 bridgehead atoms. The van der Waals surface area contributed by atoms with Gasteiger partial charge in [-0.05, 0) is 44.1 Å². The minimum absolute atomic E-state index is 0. The summed E-state index contributed by atoms with van der Waals surface area (Å²) in [6.07, 6.45) is 4.75. The van der Waals surface area contributed by atoms with Crippen molar-refractivity contribution in [2.45, 2.75) is 45.1 Å². The van der Waals surface area contributed by atoms with E-state index in [0.717, 1.165) is 63.0 Å². The molecule has 2 saturated heterocycles. The number of benzene rings is 1. The summed E-state index contributed by atoms with van der Waals surface area (Å²) in [6.45, 7) is 5.26. The van der Waals surface area contributed by atoms with E-state index in [0.29, 0.717) is 18.2 Å².